The number of aryl methyl sites for hydroxylation is 1. The summed E-state index contributed by atoms with van der Waals surface area (Å²) in [6.45, 7) is 8.23. The van der Waals surface area contributed by atoms with Crippen molar-refractivity contribution in [1.29, 1.82) is 0 Å². The van der Waals surface area contributed by atoms with Crippen LogP contribution in [0.2, 0.25) is 0 Å². The number of nitrogens with zero attached hydrogens (tertiary/aromatic N) is 2. The molecule has 0 saturated heterocycles. The van der Waals surface area contributed by atoms with Crippen LogP contribution in [0.3, 0.4) is 0 Å². The third kappa shape index (κ3) is 1.84. The molecule has 3 nitrogen and oxygen atoms in total. The maximum absolute atomic E-state index is 5.38. The fourth-order valence-corrected chi connectivity index (χ4v) is 1.30. The lowest BCUT2D eigenvalue weighted by Gasteiger charge is -2.18. The maximum Gasteiger partial charge on any atom is 0.222 e. The molecule has 0 unspecified atom stereocenters. The molecule has 0 amide bonds. The standard InChI is InChI=1S/C9H16N2O/c1-5-6-9(3,4)8-11-10-7(2)12-8/h5-6H2,1-4H3. The fraction of sp³-hybridized carbons (Fsp3) is 0.778. The Bertz CT molecular complexity index is 253. The Hall–Kier alpha value is -0.860. The van der Waals surface area contributed by atoms with Crippen LogP contribution in [0, 0.1) is 6.92 Å². The van der Waals surface area contributed by atoms with Crippen LogP contribution in [0.25, 0.3) is 0 Å². The lowest BCUT2D eigenvalue weighted by Crippen LogP contribution is -2.17. The largest absolute Gasteiger partial charge is 0.425 e. The third-order valence-corrected chi connectivity index (χ3v) is 1.98. The van der Waals surface area contributed by atoms with E-state index in [-0.39, 0.29) is 5.41 Å². The van der Waals surface area contributed by atoms with Gasteiger partial charge in [0.1, 0.15) is 0 Å². The first kappa shape index (κ1) is 9.23. The smallest absolute Gasteiger partial charge is 0.222 e. The second-order valence-corrected chi connectivity index (χ2v) is 3.76. The molecule has 1 heterocycles. The maximum atomic E-state index is 5.38. The molecule has 0 aliphatic rings. The van der Waals surface area contributed by atoms with Gasteiger partial charge in [0.2, 0.25) is 11.8 Å². The minimum Gasteiger partial charge on any atom is -0.425 e. The summed E-state index contributed by atoms with van der Waals surface area (Å²) >= 11 is 0. The Morgan fingerprint density at radius 3 is 2.42 bits per heavy atom. The van der Waals surface area contributed by atoms with Gasteiger partial charge in [-0.3, -0.25) is 0 Å². The van der Waals surface area contributed by atoms with Gasteiger partial charge >= 0.3 is 0 Å². The summed E-state index contributed by atoms with van der Waals surface area (Å²) in [6, 6.07) is 0. The molecule has 0 fully saturated rings. The molecular weight excluding hydrogens is 152 g/mol. The Balaban J connectivity index is 2.81. The lowest BCUT2D eigenvalue weighted by molar-refractivity contribution is 0.338. The van der Waals surface area contributed by atoms with E-state index in [1.54, 1.807) is 0 Å². The lowest BCUT2D eigenvalue weighted by atomic mass is 9.88. The highest BCUT2D eigenvalue weighted by Crippen LogP contribution is 2.26. The minimum absolute atomic E-state index is 0.0238. The second kappa shape index (κ2) is 3.25. The van der Waals surface area contributed by atoms with Gasteiger partial charge in [-0.25, -0.2) is 0 Å². The Labute approximate surface area is 73.2 Å². The molecule has 1 aromatic rings. The van der Waals surface area contributed by atoms with Gasteiger partial charge in [0.05, 0.1) is 0 Å². The first-order valence-electron chi connectivity index (χ1n) is 4.37. The van der Waals surface area contributed by atoms with Crippen molar-refractivity contribution < 1.29 is 4.42 Å². The third-order valence-electron chi connectivity index (χ3n) is 1.98. The van der Waals surface area contributed by atoms with E-state index in [4.69, 9.17) is 4.42 Å². The molecule has 0 aliphatic carbocycles. The Morgan fingerprint density at radius 2 is 2.00 bits per heavy atom. The average molecular weight is 168 g/mol. The van der Waals surface area contributed by atoms with Gasteiger partial charge in [-0.15, -0.1) is 10.2 Å². The number of hydrogen-bond acceptors (Lipinski definition) is 3. The van der Waals surface area contributed by atoms with E-state index >= 15 is 0 Å². The summed E-state index contributed by atoms with van der Waals surface area (Å²) in [7, 11) is 0. The van der Waals surface area contributed by atoms with Gasteiger partial charge in [0.25, 0.3) is 0 Å². The highest BCUT2D eigenvalue weighted by atomic mass is 16.4. The highest BCUT2D eigenvalue weighted by molar-refractivity contribution is 4.98. The van der Waals surface area contributed by atoms with Crippen molar-refractivity contribution in [3.63, 3.8) is 0 Å². The van der Waals surface area contributed by atoms with Crippen LogP contribution in [0.4, 0.5) is 0 Å². The van der Waals surface area contributed by atoms with Gasteiger partial charge in [0.15, 0.2) is 0 Å². The van der Waals surface area contributed by atoms with Crippen LogP contribution in [0.1, 0.15) is 45.4 Å². The molecule has 1 aromatic heterocycles. The van der Waals surface area contributed by atoms with Crippen LogP contribution in [-0.4, -0.2) is 10.2 Å². The molecule has 0 atom stereocenters. The van der Waals surface area contributed by atoms with Gasteiger partial charge in [-0.2, -0.15) is 0 Å². The quantitative estimate of drug-likeness (QED) is 0.695. The SMILES string of the molecule is CCCC(C)(C)c1nnc(C)o1. The Kier molecular flexibility index (Phi) is 2.50. The molecular formula is C9H16N2O. The molecule has 68 valence electrons. The van der Waals surface area contributed by atoms with E-state index in [2.05, 4.69) is 31.0 Å². The summed E-state index contributed by atoms with van der Waals surface area (Å²) in [4.78, 5) is 0. The monoisotopic (exact) mass is 168 g/mol. The van der Waals surface area contributed by atoms with Gasteiger partial charge in [0, 0.05) is 12.3 Å². The van der Waals surface area contributed by atoms with Crippen molar-refractivity contribution in [2.75, 3.05) is 0 Å². The predicted molar refractivity (Wildman–Crippen MR) is 47.0 cm³/mol. The topological polar surface area (TPSA) is 38.9 Å². The molecule has 0 saturated carbocycles. The van der Waals surface area contributed by atoms with Gasteiger partial charge in [-0.1, -0.05) is 27.2 Å². The van der Waals surface area contributed by atoms with E-state index in [9.17, 15) is 0 Å². The minimum atomic E-state index is 0.0238. The summed E-state index contributed by atoms with van der Waals surface area (Å²) in [6.07, 6.45) is 2.21. The van der Waals surface area contributed by atoms with Gasteiger partial charge < -0.3 is 4.42 Å². The van der Waals surface area contributed by atoms with E-state index in [0.717, 1.165) is 18.7 Å². The zero-order chi connectivity index (χ0) is 9.19. The van der Waals surface area contributed by atoms with Crippen molar-refractivity contribution in [1.82, 2.24) is 10.2 Å². The van der Waals surface area contributed by atoms with E-state index in [0.29, 0.717) is 5.89 Å². The fourth-order valence-electron chi connectivity index (χ4n) is 1.30. The second-order valence-electron chi connectivity index (χ2n) is 3.76. The molecule has 1 rings (SSSR count). The molecule has 0 bridgehead atoms. The summed E-state index contributed by atoms with van der Waals surface area (Å²) in [5, 5.41) is 7.84. The predicted octanol–water partition coefficient (Wildman–Crippen LogP) is 2.46. The zero-order valence-electron chi connectivity index (χ0n) is 8.22. The summed E-state index contributed by atoms with van der Waals surface area (Å²) in [5.74, 6) is 1.40. The van der Waals surface area contributed by atoms with Crippen LogP contribution in [-0.2, 0) is 5.41 Å². The molecule has 0 spiro atoms. The van der Waals surface area contributed by atoms with Crippen LogP contribution >= 0.6 is 0 Å². The van der Waals surface area contributed by atoms with E-state index in [1.807, 2.05) is 6.92 Å². The highest BCUT2D eigenvalue weighted by Gasteiger charge is 2.25. The van der Waals surface area contributed by atoms with E-state index in [1.165, 1.54) is 0 Å². The zero-order valence-corrected chi connectivity index (χ0v) is 8.22. The average Bonchev–Trinajstić information content (AvgIpc) is 2.36. The first-order valence-corrected chi connectivity index (χ1v) is 4.37. The molecule has 0 N–H and O–H groups in total. The van der Waals surface area contributed by atoms with Crippen molar-refractivity contribution in [2.24, 2.45) is 0 Å². The van der Waals surface area contributed by atoms with Crippen LogP contribution < -0.4 is 0 Å². The normalized spacial score (nSPS) is 12.0. The molecule has 12 heavy (non-hydrogen) atoms. The van der Waals surface area contributed by atoms with Crippen LogP contribution in [0.5, 0.6) is 0 Å². The molecule has 0 aliphatic heterocycles. The van der Waals surface area contributed by atoms with Crippen molar-refractivity contribution in [2.45, 2.75) is 46.0 Å². The van der Waals surface area contributed by atoms with Crippen molar-refractivity contribution in [3.05, 3.63) is 11.8 Å². The summed E-state index contributed by atoms with van der Waals surface area (Å²) < 4.78 is 5.38. The Morgan fingerprint density at radius 1 is 1.33 bits per heavy atom. The number of aromatic nitrogens is 2. The first-order chi connectivity index (χ1) is 5.56. The molecule has 0 aromatic carbocycles. The van der Waals surface area contributed by atoms with E-state index < -0.39 is 0 Å². The molecule has 3 heteroatoms. The number of hydrogen-bond donors (Lipinski definition) is 0. The van der Waals surface area contributed by atoms with Crippen molar-refractivity contribution in [3.8, 4) is 0 Å². The number of rotatable bonds is 3. The van der Waals surface area contributed by atoms with Crippen LogP contribution in [0.15, 0.2) is 4.42 Å². The van der Waals surface area contributed by atoms with Gasteiger partial charge in [-0.05, 0) is 6.42 Å². The summed E-state index contributed by atoms with van der Waals surface area (Å²) in [5.41, 5.74) is 0.0238. The molecule has 0 radical (unpaired) electrons. The van der Waals surface area contributed by atoms with Crippen molar-refractivity contribution >= 4 is 0 Å².